The first-order chi connectivity index (χ1) is 21.3. The van der Waals surface area contributed by atoms with Crippen molar-refractivity contribution in [3.05, 3.63) is 53.6 Å². The highest BCUT2D eigenvalue weighted by molar-refractivity contribution is 5.91. The molecule has 0 spiro atoms. The maximum atomic E-state index is 12.9. The van der Waals surface area contributed by atoms with Gasteiger partial charge in [-0.2, -0.15) is 0 Å². The van der Waals surface area contributed by atoms with E-state index in [4.69, 9.17) is 28.4 Å². The molecule has 4 heterocycles. The van der Waals surface area contributed by atoms with Gasteiger partial charge in [0.05, 0.1) is 16.5 Å². The maximum absolute atomic E-state index is 12.9. The van der Waals surface area contributed by atoms with Gasteiger partial charge >= 0.3 is 11.9 Å². The van der Waals surface area contributed by atoms with E-state index in [-0.39, 0.29) is 25.0 Å². The molecule has 242 valence electrons. The van der Waals surface area contributed by atoms with Gasteiger partial charge < -0.3 is 64.2 Å². The molecule has 4 saturated heterocycles. The first-order valence-electron chi connectivity index (χ1n) is 14.3. The van der Waals surface area contributed by atoms with Crippen molar-refractivity contribution in [3.8, 4) is 17.2 Å². The standard InChI is InChI=1S/C30H32O15/c1-27-11-29(39)18-9-30(27,28(18,26(44-27)45-29)12-41-23(37)13-5-3-2-4-6-13)43-25-22(36)21(35)20(34)17(42-25)10-40-24(38)14-7-15(31)19(33)16(32)8-14/h2-8,17-18,20-22,25-26,31-36,39H,9-12H2,1H3/t17-,18-,20-,21+,22-,25+,26-,27+,28?,29-,30+/m1/s1. The molecule has 3 saturated carbocycles. The van der Waals surface area contributed by atoms with Gasteiger partial charge in [0.1, 0.15) is 48.8 Å². The highest BCUT2D eigenvalue weighted by atomic mass is 16.8. The van der Waals surface area contributed by atoms with Crippen LogP contribution in [0.5, 0.6) is 17.2 Å². The number of phenolic OH excluding ortho intramolecular Hbond substituents is 3. The number of aromatic hydroxyl groups is 3. The second kappa shape index (κ2) is 9.98. The molecular formula is C30H32O15. The normalized spacial score (nSPS) is 42.3. The van der Waals surface area contributed by atoms with E-state index in [9.17, 15) is 45.3 Å². The van der Waals surface area contributed by atoms with Crippen LogP contribution in [0, 0.1) is 11.3 Å². The largest absolute Gasteiger partial charge is 0.504 e. The van der Waals surface area contributed by atoms with Gasteiger partial charge in [0, 0.05) is 12.3 Å². The van der Waals surface area contributed by atoms with E-state index < -0.39 is 101 Å². The molecule has 7 N–H and O–H groups in total. The third-order valence-corrected chi connectivity index (χ3v) is 10.1. The molecule has 4 aliphatic heterocycles. The molecule has 6 bridgehead atoms. The second-order valence-corrected chi connectivity index (χ2v) is 12.5. The molecule has 0 radical (unpaired) electrons. The average molecular weight is 633 g/mol. The lowest BCUT2D eigenvalue weighted by atomic mass is 9.41. The Bertz CT molecular complexity index is 1510. The number of carbonyl (C=O) groups is 2. The van der Waals surface area contributed by atoms with Gasteiger partial charge in [0.2, 0.25) is 0 Å². The van der Waals surface area contributed by atoms with Gasteiger partial charge in [-0.1, -0.05) is 18.2 Å². The summed E-state index contributed by atoms with van der Waals surface area (Å²) in [5, 5.41) is 72.6. The molecular weight excluding hydrogens is 600 g/mol. The van der Waals surface area contributed by atoms with Crippen LogP contribution in [0.25, 0.3) is 0 Å². The van der Waals surface area contributed by atoms with Crippen LogP contribution >= 0.6 is 0 Å². The number of hydrogen-bond acceptors (Lipinski definition) is 15. The number of aliphatic hydroxyl groups excluding tert-OH is 3. The zero-order valence-corrected chi connectivity index (χ0v) is 23.8. The van der Waals surface area contributed by atoms with E-state index in [0.717, 1.165) is 12.1 Å². The minimum atomic E-state index is -1.81. The summed E-state index contributed by atoms with van der Waals surface area (Å²) >= 11 is 0. The number of rotatable bonds is 8. The molecule has 3 aliphatic carbocycles. The zero-order chi connectivity index (χ0) is 32.1. The van der Waals surface area contributed by atoms with Gasteiger partial charge in [-0.25, -0.2) is 9.59 Å². The van der Waals surface area contributed by atoms with E-state index in [0.29, 0.717) is 5.56 Å². The number of phenols is 3. The van der Waals surface area contributed by atoms with Crippen molar-refractivity contribution >= 4 is 11.9 Å². The molecule has 0 amide bonds. The molecule has 15 heteroatoms. The third-order valence-electron chi connectivity index (χ3n) is 10.1. The Balaban J connectivity index is 1.11. The summed E-state index contributed by atoms with van der Waals surface area (Å²) in [5.41, 5.74) is -3.78. The van der Waals surface area contributed by atoms with Crippen LogP contribution in [0.4, 0.5) is 0 Å². The predicted molar refractivity (Wildman–Crippen MR) is 143 cm³/mol. The van der Waals surface area contributed by atoms with Crippen LogP contribution in [-0.4, -0.2) is 115 Å². The third kappa shape index (κ3) is 4.06. The van der Waals surface area contributed by atoms with Crippen molar-refractivity contribution in [2.75, 3.05) is 13.2 Å². The van der Waals surface area contributed by atoms with Crippen LogP contribution in [0.1, 0.15) is 40.5 Å². The van der Waals surface area contributed by atoms with Gasteiger partial charge in [0.15, 0.2) is 35.6 Å². The van der Waals surface area contributed by atoms with Crippen LogP contribution in [0.2, 0.25) is 0 Å². The van der Waals surface area contributed by atoms with Crippen LogP contribution in [-0.2, 0) is 28.4 Å². The molecule has 11 atom stereocenters. The monoisotopic (exact) mass is 632 g/mol. The lowest BCUT2D eigenvalue weighted by molar-refractivity contribution is -0.424. The zero-order valence-electron chi connectivity index (χ0n) is 23.8. The second-order valence-electron chi connectivity index (χ2n) is 12.5. The van der Waals surface area contributed by atoms with Crippen molar-refractivity contribution in [2.45, 2.75) is 73.8 Å². The molecule has 0 aromatic heterocycles. The average Bonchev–Trinajstić information content (AvgIpc) is 3.20. The quantitative estimate of drug-likeness (QED) is 0.145. The van der Waals surface area contributed by atoms with Crippen molar-refractivity contribution in [1.82, 2.24) is 0 Å². The van der Waals surface area contributed by atoms with Gasteiger partial charge in [-0.15, -0.1) is 0 Å². The molecule has 9 rings (SSSR count). The molecule has 7 fully saturated rings. The summed E-state index contributed by atoms with van der Waals surface area (Å²) in [6.45, 7) is 0.780. The molecule has 7 aliphatic rings. The highest BCUT2D eigenvalue weighted by Crippen LogP contribution is 2.81. The highest BCUT2D eigenvalue weighted by Gasteiger charge is 2.94. The number of hydrogen-bond donors (Lipinski definition) is 7. The lowest BCUT2D eigenvalue weighted by Crippen LogP contribution is -2.80. The van der Waals surface area contributed by atoms with Crippen molar-refractivity contribution in [2.24, 2.45) is 11.3 Å². The van der Waals surface area contributed by atoms with Crippen molar-refractivity contribution < 1.29 is 73.8 Å². The summed E-state index contributed by atoms with van der Waals surface area (Å²) in [6, 6.07) is 10.0. The van der Waals surface area contributed by atoms with Crippen LogP contribution in [0.15, 0.2) is 42.5 Å². The Morgan fingerprint density at radius 2 is 1.58 bits per heavy atom. The first-order valence-corrected chi connectivity index (χ1v) is 14.3. The Morgan fingerprint density at radius 1 is 0.911 bits per heavy atom. The van der Waals surface area contributed by atoms with Crippen LogP contribution < -0.4 is 0 Å². The number of ether oxygens (including phenoxy) is 6. The van der Waals surface area contributed by atoms with E-state index in [1.165, 1.54) is 0 Å². The van der Waals surface area contributed by atoms with Gasteiger partial charge in [0.25, 0.3) is 0 Å². The molecule has 1 unspecified atom stereocenters. The Morgan fingerprint density at radius 3 is 2.27 bits per heavy atom. The summed E-state index contributed by atoms with van der Waals surface area (Å²) in [5.74, 6) is -6.19. The molecule has 45 heavy (non-hydrogen) atoms. The number of esters is 2. The van der Waals surface area contributed by atoms with E-state index >= 15 is 0 Å². The summed E-state index contributed by atoms with van der Waals surface area (Å²) in [7, 11) is 0. The van der Waals surface area contributed by atoms with E-state index in [1.54, 1.807) is 37.3 Å². The summed E-state index contributed by atoms with van der Waals surface area (Å²) < 4.78 is 35.3. The smallest absolute Gasteiger partial charge is 0.338 e. The molecule has 2 aromatic rings. The Kier molecular flexibility index (Phi) is 6.68. The number of carbonyl (C=O) groups excluding carboxylic acids is 2. The fourth-order valence-corrected chi connectivity index (χ4v) is 7.82. The molecule has 15 nitrogen and oxygen atoms in total. The first kappa shape index (κ1) is 30.1. The van der Waals surface area contributed by atoms with E-state index in [2.05, 4.69) is 0 Å². The number of benzene rings is 2. The van der Waals surface area contributed by atoms with Crippen molar-refractivity contribution in [3.63, 3.8) is 0 Å². The fraction of sp³-hybridized carbons (Fsp3) is 0.533. The van der Waals surface area contributed by atoms with Gasteiger partial charge in [-0.3, -0.25) is 0 Å². The SMILES string of the molecule is C[C@@]12C[C@@]3(O)O[C@@H](O1)C1(COC(=O)c4ccccc4)[C@H]3C[C@@]12O[C@@H]1O[C@H](COC(=O)c2cc(O)c(O)c(O)c2)[C@@H](O)[C@H](O)[C@H]1O. The minimum Gasteiger partial charge on any atom is -0.504 e. The van der Waals surface area contributed by atoms with Crippen LogP contribution in [0.3, 0.4) is 0 Å². The topological polar surface area (TPSA) is 231 Å². The summed E-state index contributed by atoms with van der Waals surface area (Å²) in [4.78, 5) is 25.5. The summed E-state index contributed by atoms with van der Waals surface area (Å²) in [6.07, 6.45) is -9.21. The predicted octanol–water partition coefficient (Wildman–Crippen LogP) is -0.376. The fourth-order valence-electron chi connectivity index (χ4n) is 7.82. The molecule has 2 aromatic carbocycles. The minimum absolute atomic E-state index is 0.00307. The Hall–Kier alpha value is -3.54. The Labute approximate surface area is 255 Å². The van der Waals surface area contributed by atoms with E-state index in [1.807, 2.05) is 0 Å². The number of aliphatic hydroxyl groups is 4. The van der Waals surface area contributed by atoms with Crippen molar-refractivity contribution in [1.29, 1.82) is 0 Å². The maximum Gasteiger partial charge on any atom is 0.338 e. The lowest BCUT2D eigenvalue weighted by Gasteiger charge is -2.67. The van der Waals surface area contributed by atoms with Gasteiger partial charge in [-0.05, 0) is 37.6 Å².